The predicted octanol–water partition coefficient (Wildman–Crippen LogP) is 4.42. The van der Waals surface area contributed by atoms with Gasteiger partial charge in [0.2, 0.25) is 0 Å². The van der Waals surface area contributed by atoms with Crippen LogP contribution in [0.25, 0.3) is 0 Å². The molecule has 0 heterocycles. The van der Waals surface area contributed by atoms with Crippen LogP contribution in [0.2, 0.25) is 0 Å². The SMILES string of the molecule is O=C1C=C[C@]23CCC[C@H]2[C@H](c2ccccc2)CCC3=C1. The molecule has 1 aromatic carbocycles. The quantitative estimate of drug-likeness (QED) is 0.734. The van der Waals surface area contributed by atoms with Crippen LogP contribution in [0.15, 0.2) is 54.1 Å². The molecule has 0 aromatic heterocycles. The topological polar surface area (TPSA) is 17.1 Å². The fourth-order valence-corrected chi connectivity index (χ4v) is 4.83. The van der Waals surface area contributed by atoms with Crippen molar-refractivity contribution in [3.05, 3.63) is 59.7 Å². The average Bonchev–Trinajstić information content (AvgIpc) is 2.91. The van der Waals surface area contributed by atoms with Crippen LogP contribution in [0, 0.1) is 11.3 Å². The summed E-state index contributed by atoms with van der Waals surface area (Å²) in [5.41, 5.74) is 3.11. The smallest absolute Gasteiger partial charge is 0.178 e. The Bertz CT molecular complexity index is 595. The van der Waals surface area contributed by atoms with Crippen LogP contribution in [0.1, 0.15) is 43.6 Å². The van der Waals surface area contributed by atoms with Gasteiger partial charge in [-0.3, -0.25) is 4.79 Å². The van der Waals surface area contributed by atoms with Gasteiger partial charge in [-0.2, -0.15) is 0 Å². The highest BCUT2D eigenvalue weighted by Crippen LogP contribution is 2.61. The summed E-state index contributed by atoms with van der Waals surface area (Å²) in [6, 6.07) is 11.0. The molecule has 0 N–H and O–H groups in total. The van der Waals surface area contributed by atoms with Crippen molar-refractivity contribution in [1.82, 2.24) is 0 Å². The van der Waals surface area contributed by atoms with Crippen molar-refractivity contribution in [2.45, 2.75) is 38.0 Å². The standard InChI is InChI=1S/C19H20O/c20-16-10-12-19-11-4-7-18(19)17(9-8-15(19)13-16)14-5-2-1-3-6-14/h1-3,5-6,10,12-13,17-18H,4,7-9,11H2/t17-,18-,19-/m0/s1. The normalized spacial score (nSPS) is 35.4. The minimum Gasteiger partial charge on any atom is -0.290 e. The number of hydrogen-bond donors (Lipinski definition) is 0. The monoisotopic (exact) mass is 264 g/mol. The van der Waals surface area contributed by atoms with Crippen molar-refractivity contribution in [2.75, 3.05) is 0 Å². The number of allylic oxidation sites excluding steroid dienone is 4. The molecule has 20 heavy (non-hydrogen) atoms. The molecule has 1 heteroatoms. The van der Waals surface area contributed by atoms with Gasteiger partial charge in [0.25, 0.3) is 0 Å². The van der Waals surface area contributed by atoms with Crippen molar-refractivity contribution >= 4 is 5.78 Å². The van der Waals surface area contributed by atoms with E-state index < -0.39 is 0 Å². The second-order valence-electron chi connectivity index (χ2n) is 6.50. The van der Waals surface area contributed by atoms with Crippen LogP contribution in [0.3, 0.4) is 0 Å². The van der Waals surface area contributed by atoms with E-state index in [0.717, 1.165) is 6.42 Å². The summed E-state index contributed by atoms with van der Waals surface area (Å²) in [6.07, 6.45) is 12.1. The summed E-state index contributed by atoms with van der Waals surface area (Å²) in [7, 11) is 0. The van der Waals surface area contributed by atoms with Gasteiger partial charge < -0.3 is 0 Å². The summed E-state index contributed by atoms with van der Waals surface area (Å²) in [6.45, 7) is 0. The van der Waals surface area contributed by atoms with Gasteiger partial charge in [-0.15, -0.1) is 0 Å². The molecule has 3 atom stereocenters. The van der Waals surface area contributed by atoms with Crippen LogP contribution in [0.4, 0.5) is 0 Å². The molecule has 0 saturated heterocycles. The lowest BCUT2D eigenvalue weighted by atomic mass is 9.58. The van der Waals surface area contributed by atoms with Gasteiger partial charge in [0.1, 0.15) is 0 Å². The highest BCUT2D eigenvalue weighted by Gasteiger charge is 2.50. The Morgan fingerprint density at radius 3 is 2.80 bits per heavy atom. The first-order valence-electron chi connectivity index (χ1n) is 7.79. The van der Waals surface area contributed by atoms with Crippen molar-refractivity contribution < 1.29 is 4.79 Å². The third kappa shape index (κ3) is 1.65. The first kappa shape index (κ1) is 12.1. The van der Waals surface area contributed by atoms with Crippen LogP contribution < -0.4 is 0 Å². The second kappa shape index (κ2) is 4.44. The zero-order chi connectivity index (χ0) is 13.6. The van der Waals surface area contributed by atoms with Crippen LogP contribution >= 0.6 is 0 Å². The minimum absolute atomic E-state index is 0.189. The van der Waals surface area contributed by atoms with E-state index in [1.54, 1.807) is 0 Å². The zero-order valence-corrected chi connectivity index (χ0v) is 11.7. The van der Waals surface area contributed by atoms with Crippen molar-refractivity contribution in [1.29, 1.82) is 0 Å². The second-order valence-corrected chi connectivity index (χ2v) is 6.50. The molecule has 4 rings (SSSR count). The van der Waals surface area contributed by atoms with E-state index >= 15 is 0 Å². The fraction of sp³-hybridized carbons (Fsp3) is 0.421. The highest BCUT2D eigenvalue weighted by molar-refractivity contribution is 6.01. The van der Waals surface area contributed by atoms with Gasteiger partial charge in [0.15, 0.2) is 5.78 Å². The van der Waals surface area contributed by atoms with E-state index in [1.807, 2.05) is 12.2 Å². The van der Waals surface area contributed by atoms with Gasteiger partial charge >= 0.3 is 0 Å². The Balaban J connectivity index is 1.76. The number of benzene rings is 1. The summed E-state index contributed by atoms with van der Waals surface area (Å²) < 4.78 is 0. The summed E-state index contributed by atoms with van der Waals surface area (Å²) in [4.78, 5) is 11.7. The molecular formula is C19H20O. The van der Waals surface area contributed by atoms with Gasteiger partial charge in [-0.25, -0.2) is 0 Å². The number of rotatable bonds is 1. The Hall–Kier alpha value is -1.63. The number of carbonyl (C=O) groups is 1. The van der Waals surface area contributed by atoms with Crippen LogP contribution in [0.5, 0.6) is 0 Å². The Kier molecular flexibility index (Phi) is 2.70. The summed E-state index contributed by atoms with van der Waals surface area (Å²) >= 11 is 0. The maximum atomic E-state index is 11.7. The third-order valence-corrected chi connectivity index (χ3v) is 5.66. The molecule has 2 saturated carbocycles. The summed E-state index contributed by atoms with van der Waals surface area (Å²) in [5.74, 6) is 1.54. The van der Waals surface area contributed by atoms with Gasteiger partial charge in [0, 0.05) is 5.41 Å². The van der Waals surface area contributed by atoms with Gasteiger partial charge in [-0.05, 0) is 55.2 Å². The molecule has 0 bridgehead atoms. The molecule has 3 aliphatic rings. The lowest BCUT2D eigenvalue weighted by Gasteiger charge is -2.46. The number of carbonyl (C=O) groups excluding carboxylic acids is 1. The molecule has 0 unspecified atom stereocenters. The molecule has 102 valence electrons. The molecule has 2 fully saturated rings. The van der Waals surface area contributed by atoms with E-state index in [-0.39, 0.29) is 11.2 Å². The predicted molar refractivity (Wildman–Crippen MR) is 80.4 cm³/mol. The first-order valence-corrected chi connectivity index (χ1v) is 7.79. The third-order valence-electron chi connectivity index (χ3n) is 5.66. The molecule has 1 spiro atoms. The van der Waals surface area contributed by atoms with E-state index in [9.17, 15) is 4.79 Å². The van der Waals surface area contributed by atoms with E-state index in [2.05, 4.69) is 36.4 Å². The molecule has 0 radical (unpaired) electrons. The maximum Gasteiger partial charge on any atom is 0.178 e. The van der Waals surface area contributed by atoms with Gasteiger partial charge in [-0.1, -0.05) is 48.4 Å². The maximum absolute atomic E-state index is 11.7. The summed E-state index contributed by atoms with van der Waals surface area (Å²) in [5, 5.41) is 0. The molecular weight excluding hydrogens is 244 g/mol. The Morgan fingerprint density at radius 1 is 1.10 bits per heavy atom. The molecule has 0 aliphatic heterocycles. The fourth-order valence-electron chi connectivity index (χ4n) is 4.83. The van der Waals surface area contributed by atoms with Gasteiger partial charge in [0.05, 0.1) is 0 Å². The Labute approximate surface area is 120 Å². The first-order chi connectivity index (χ1) is 9.79. The zero-order valence-electron chi connectivity index (χ0n) is 11.7. The number of ketones is 1. The van der Waals surface area contributed by atoms with Crippen LogP contribution in [-0.2, 0) is 4.79 Å². The molecule has 3 aliphatic carbocycles. The van der Waals surface area contributed by atoms with E-state index in [1.165, 1.54) is 36.8 Å². The van der Waals surface area contributed by atoms with E-state index in [4.69, 9.17) is 0 Å². The number of hydrogen-bond acceptors (Lipinski definition) is 1. The molecule has 1 nitrogen and oxygen atoms in total. The largest absolute Gasteiger partial charge is 0.290 e. The average molecular weight is 264 g/mol. The molecule has 1 aromatic rings. The lowest BCUT2D eigenvalue weighted by molar-refractivity contribution is -0.110. The minimum atomic E-state index is 0.189. The van der Waals surface area contributed by atoms with Crippen molar-refractivity contribution in [3.63, 3.8) is 0 Å². The Morgan fingerprint density at radius 2 is 1.95 bits per heavy atom. The van der Waals surface area contributed by atoms with Crippen molar-refractivity contribution in [3.8, 4) is 0 Å². The lowest BCUT2D eigenvalue weighted by Crippen LogP contribution is -2.36. The van der Waals surface area contributed by atoms with Crippen molar-refractivity contribution in [2.24, 2.45) is 11.3 Å². The molecule has 0 amide bonds. The van der Waals surface area contributed by atoms with E-state index in [0.29, 0.717) is 11.8 Å². The van der Waals surface area contributed by atoms with Crippen LogP contribution in [-0.4, -0.2) is 5.78 Å². The highest BCUT2D eigenvalue weighted by atomic mass is 16.1.